The van der Waals surface area contributed by atoms with E-state index in [0.29, 0.717) is 53.3 Å². The molecule has 1 atom stereocenters. The lowest BCUT2D eigenvalue weighted by Gasteiger charge is -2.30. The van der Waals surface area contributed by atoms with Gasteiger partial charge in [0, 0.05) is 23.8 Å². The van der Waals surface area contributed by atoms with Gasteiger partial charge < -0.3 is 24.4 Å². The molecule has 1 heterocycles. The van der Waals surface area contributed by atoms with Crippen LogP contribution in [-0.4, -0.2) is 50.9 Å². The third-order valence-corrected chi connectivity index (χ3v) is 5.21. The van der Waals surface area contributed by atoms with Crippen molar-refractivity contribution >= 4 is 46.5 Å². The minimum atomic E-state index is -0.830. The molecule has 9 heteroatoms. The van der Waals surface area contributed by atoms with Gasteiger partial charge in [-0.15, -0.1) is 0 Å². The number of rotatable bonds is 7. The van der Waals surface area contributed by atoms with Crippen molar-refractivity contribution in [3.63, 3.8) is 0 Å². The standard InChI is InChI=1S/C22H24Cl2N2O5/c1-3-30-22(28)17-13-16(5-6-19(17)26-8-10-29-11-9-26)25-21(27)14(2)31-20-7-4-15(23)12-18(20)24/h4-7,12-14H,3,8-11H2,1-2H3,(H,25,27). The summed E-state index contributed by atoms with van der Waals surface area (Å²) in [6, 6.07) is 9.93. The first-order chi connectivity index (χ1) is 14.9. The fourth-order valence-corrected chi connectivity index (χ4v) is 3.58. The fraction of sp³-hybridized carbons (Fsp3) is 0.364. The molecular weight excluding hydrogens is 443 g/mol. The quantitative estimate of drug-likeness (QED) is 0.608. The Kier molecular flexibility index (Phi) is 8.01. The van der Waals surface area contributed by atoms with Gasteiger partial charge in [0.25, 0.3) is 5.91 Å². The molecule has 0 aliphatic carbocycles. The predicted octanol–water partition coefficient (Wildman–Crippen LogP) is 4.41. The van der Waals surface area contributed by atoms with Gasteiger partial charge >= 0.3 is 5.97 Å². The highest BCUT2D eigenvalue weighted by molar-refractivity contribution is 6.35. The zero-order valence-electron chi connectivity index (χ0n) is 17.3. The molecule has 7 nitrogen and oxygen atoms in total. The summed E-state index contributed by atoms with van der Waals surface area (Å²) < 4.78 is 16.3. The summed E-state index contributed by atoms with van der Waals surface area (Å²) >= 11 is 12.0. The normalized spacial score (nSPS) is 14.6. The van der Waals surface area contributed by atoms with E-state index in [9.17, 15) is 9.59 Å². The summed E-state index contributed by atoms with van der Waals surface area (Å²) in [5.41, 5.74) is 1.59. The summed E-state index contributed by atoms with van der Waals surface area (Å²) in [5.74, 6) is -0.485. The van der Waals surface area contributed by atoms with E-state index in [4.69, 9.17) is 37.4 Å². The van der Waals surface area contributed by atoms with Crippen LogP contribution in [0.3, 0.4) is 0 Å². The Hall–Kier alpha value is -2.48. The lowest BCUT2D eigenvalue weighted by atomic mass is 10.1. The average molecular weight is 467 g/mol. The second kappa shape index (κ2) is 10.7. The van der Waals surface area contributed by atoms with Crippen LogP contribution in [0.2, 0.25) is 10.0 Å². The maximum Gasteiger partial charge on any atom is 0.340 e. The van der Waals surface area contributed by atoms with E-state index in [1.54, 1.807) is 50.2 Å². The summed E-state index contributed by atoms with van der Waals surface area (Å²) in [4.78, 5) is 27.2. The van der Waals surface area contributed by atoms with Crippen molar-refractivity contribution in [3.05, 3.63) is 52.0 Å². The molecule has 0 saturated carbocycles. The van der Waals surface area contributed by atoms with E-state index in [1.165, 1.54) is 0 Å². The number of carbonyl (C=O) groups excluding carboxylic acids is 2. The van der Waals surface area contributed by atoms with Gasteiger partial charge in [-0.05, 0) is 50.2 Å². The van der Waals surface area contributed by atoms with Crippen LogP contribution in [0.5, 0.6) is 5.75 Å². The number of amides is 1. The van der Waals surface area contributed by atoms with Crippen molar-refractivity contribution in [2.75, 3.05) is 43.1 Å². The summed E-state index contributed by atoms with van der Waals surface area (Å²) in [5, 5.41) is 3.56. The maximum atomic E-state index is 12.6. The Balaban J connectivity index is 1.75. The van der Waals surface area contributed by atoms with Crippen molar-refractivity contribution in [3.8, 4) is 5.75 Å². The largest absolute Gasteiger partial charge is 0.479 e. The Bertz CT molecular complexity index is 947. The molecule has 1 N–H and O–H groups in total. The minimum Gasteiger partial charge on any atom is -0.479 e. The van der Waals surface area contributed by atoms with Crippen molar-refractivity contribution in [1.29, 1.82) is 0 Å². The molecule has 0 bridgehead atoms. The first-order valence-electron chi connectivity index (χ1n) is 9.95. The van der Waals surface area contributed by atoms with Crippen LogP contribution in [0.1, 0.15) is 24.2 Å². The molecule has 31 heavy (non-hydrogen) atoms. The monoisotopic (exact) mass is 466 g/mol. The van der Waals surface area contributed by atoms with Crippen LogP contribution >= 0.6 is 23.2 Å². The number of nitrogens with one attached hydrogen (secondary N) is 1. The molecule has 1 aliphatic heterocycles. The molecule has 166 valence electrons. The van der Waals surface area contributed by atoms with E-state index in [-0.39, 0.29) is 12.5 Å². The number of esters is 1. The van der Waals surface area contributed by atoms with E-state index in [1.807, 2.05) is 0 Å². The highest BCUT2D eigenvalue weighted by Crippen LogP contribution is 2.29. The van der Waals surface area contributed by atoms with Gasteiger partial charge in [-0.25, -0.2) is 4.79 Å². The second-order valence-corrected chi connectivity index (χ2v) is 7.72. The van der Waals surface area contributed by atoms with Gasteiger partial charge in [0.05, 0.1) is 36.1 Å². The molecule has 0 radical (unpaired) electrons. The van der Waals surface area contributed by atoms with Gasteiger partial charge in [-0.3, -0.25) is 4.79 Å². The molecule has 1 saturated heterocycles. The highest BCUT2D eigenvalue weighted by Gasteiger charge is 2.22. The first kappa shape index (κ1) is 23.2. The van der Waals surface area contributed by atoms with Gasteiger partial charge in [0.15, 0.2) is 6.10 Å². The molecule has 3 rings (SSSR count). The molecule has 0 spiro atoms. The van der Waals surface area contributed by atoms with E-state index < -0.39 is 12.1 Å². The van der Waals surface area contributed by atoms with Crippen molar-refractivity contribution < 1.29 is 23.8 Å². The molecule has 1 unspecified atom stereocenters. The van der Waals surface area contributed by atoms with Crippen LogP contribution in [0.25, 0.3) is 0 Å². The molecular formula is C22H24Cl2N2O5. The second-order valence-electron chi connectivity index (χ2n) is 6.88. The number of hydrogen-bond acceptors (Lipinski definition) is 6. The number of morpholine rings is 1. The molecule has 1 amide bonds. The van der Waals surface area contributed by atoms with Crippen molar-refractivity contribution in [2.45, 2.75) is 20.0 Å². The Morgan fingerprint density at radius 1 is 1.16 bits per heavy atom. The third kappa shape index (κ3) is 6.03. The van der Waals surface area contributed by atoms with Crippen molar-refractivity contribution in [1.82, 2.24) is 0 Å². The summed E-state index contributed by atoms with van der Waals surface area (Å²) in [6.07, 6.45) is -0.830. The van der Waals surface area contributed by atoms with Crippen molar-refractivity contribution in [2.24, 2.45) is 0 Å². The topological polar surface area (TPSA) is 77.1 Å². The zero-order valence-corrected chi connectivity index (χ0v) is 18.8. The smallest absolute Gasteiger partial charge is 0.340 e. The number of halogens is 2. The van der Waals surface area contributed by atoms with Gasteiger partial charge in [0.1, 0.15) is 5.75 Å². The Labute approximate surface area is 191 Å². The van der Waals surface area contributed by atoms with E-state index in [2.05, 4.69) is 10.2 Å². The lowest BCUT2D eigenvalue weighted by Crippen LogP contribution is -2.37. The van der Waals surface area contributed by atoms with Gasteiger partial charge in [-0.2, -0.15) is 0 Å². The molecule has 2 aromatic carbocycles. The van der Waals surface area contributed by atoms with Gasteiger partial charge in [0.2, 0.25) is 0 Å². The van der Waals surface area contributed by atoms with Crippen LogP contribution < -0.4 is 15.0 Å². The summed E-state index contributed by atoms with van der Waals surface area (Å²) in [6.45, 7) is 6.12. The third-order valence-electron chi connectivity index (χ3n) is 4.68. The minimum absolute atomic E-state index is 0.255. The van der Waals surface area contributed by atoms with Crippen LogP contribution in [0.4, 0.5) is 11.4 Å². The van der Waals surface area contributed by atoms with E-state index >= 15 is 0 Å². The maximum absolute atomic E-state index is 12.6. The molecule has 1 fully saturated rings. The number of benzene rings is 2. The Morgan fingerprint density at radius 2 is 1.90 bits per heavy atom. The highest BCUT2D eigenvalue weighted by atomic mass is 35.5. The number of ether oxygens (including phenoxy) is 3. The number of carbonyl (C=O) groups is 2. The lowest BCUT2D eigenvalue weighted by molar-refractivity contribution is -0.122. The average Bonchev–Trinajstić information content (AvgIpc) is 2.76. The summed E-state index contributed by atoms with van der Waals surface area (Å²) in [7, 11) is 0. The molecule has 1 aliphatic rings. The number of hydrogen-bond donors (Lipinski definition) is 1. The number of anilines is 2. The number of nitrogens with zero attached hydrogens (tertiary/aromatic N) is 1. The van der Waals surface area contributed by atoms with Crippen LogP contribution in [0.15, 0.2) is 36.4 Å². The predicted molar refractivity (Wildman–Crippen MR) is 121 cm³/mol. The van der Waals surface area contributed by atoms with Gasteiger partial charge in [-0.1, -0.05) is 23.2 Å². The van der Waals surface area contributed by atoms with E-state index in [0.717, 1.165) is 5.69 Å². The SMILES string of the molecule is CCOC(=O)c1cc(NC(=O)C(C)Oc2ccc(Cl)cc2Cl)ccc1N1CCOCC1. The molecule has 2 aromatic rings. The van der Waals surface area contributed by atoms with Crippen LogP contribution in [-0.2, 0) is 14.3 Å². The molecule has 0 aromatic heterocycles. The Morgan fingerprint density at radius 3 is 2.58 bits per heavy atom. The fourth-order valence-electron chi connectivity index (χ4n) is 3.12. The van der Waals surface area contributed by atoms with Crippen LogP contribution in [0, 0.1) is 0 Å². The first-order valence-corrected chi connectivity index (χ1v) is 10.7. The zero-order chi connectivity index (χ0) is 22.4.